The van der Waals surface area contributed by atoms with Crippen molar-refractivity contribution in [1.82, 2.24) is 9.78 Å². The van der Waals surface area contributed by atoms with Gasteiger partial charge in [0.1, 0.15) is 5.75 Å². The highest BCUT2D eigenvalue weighted by molar-refractivity contribution is 5.95. The van der Waals surface area contributed by atoms with Crippen LogP contribution in [-0.4, -0.2) is 34.6 Å². The molecular weight excluding hydrogens is 439 g/mol. The minimum absolute atomic E-state index is 0.375. The van der Waals surface area contributed by atoms with Crippen LogP contribution in [0.15, 0.2) is 60.7 Å². The normalized spacial score (nSPS) is 11.4. The number of aromatic nitrogens is 2. The number of esters is 1. The van der Waals surface area contributed by atoms with Crippen molar-refractivity contribution in [2.45, 2.75) is 20.2 Å². The van der Waals surface area contributed by atoms with Gasteiger partial charge in [-0.2, -0.15) is 5.10 Å². The molecule has 3 rings (SSSR count). The molecule has 0 unspecified atom stereocenters. The van der Waals surface area contributed by atoms with Gasteiger partial charge in [0.2, 0.25) is 0 Å². The van der Waals surface area contributed by atoms with Crippen molar-refractivity contribution >= 4 is 23.6 Å². The third kappa shape index (κ3) is 6.70. The molecule has 0 aliphatic heterocycles. The average Bonchev–Trinajstić information content (AvgIpc) is 3.05. The number of para-hydroxylation sites is 1. The number of rotatable bonds is 7. The first-order valence-corrected chi connectivity index (χ1v) is 9.74. The maximum absolute atomic E-state index is 12.2. The molecule has 3 aromatic rings. The van der Waals surface area contributed by atoms with Gasteiger partial charge in [-0.3, -0.25) is 4.79 Å². The van der Waals surface area contributed by atoms with Crippen LogP contribution in [0, 0.1) is 13.8 Å². The number of anilines is 1. The fourth-order valence-electron chi connectivity index (χ4n) is 2.95. The third-order valence-corrected chi connectivity index (χ3v) is 4.43. The molecule has 1 heterocycles. The molecule has 0 aliphatic rings. The van der Waals surface area contributed by atoms with Gasteiger partial charge in [0.25, 0.3) is 5.91 Å². The lowest BCUT2D eigenvalue weighted by Crippen LogP contribution is -2.20. The molecule has 1 aromatic heterocycles. The van der Waals surface area contributed by atoms with E-state index in [2.05, 4.69) is 15.2 Å². The van der Waals surface area contributed by atoms with Crippen molar-refractivity contribution < 1.29 is 32.2 Å². The summed E-state index contributed by atoms with van der Waals surface area (Å²) in [4.78, 5) is 24.1. The first-order chi connectivity index (χ1) is 15.6. The number of hydrogen-bond acceptors (Lipinski definition) is 5. The lowest BCUT2D eigenvalue weighted by Gasteiger charge is -2.08. The summed E-state index contributed by atoms with van der Waals surface area (Å²) in [6.45, 7) is 3.04. The number of ether oxygens (including phenoxy) is 2. The SMILES string of the molecule is Cc1nn(-c2ccccc2)c(C)c1NC(=O)COC(=O)/C=C/c1ccc(OC(F)(F)F)cc1. The lowest BCUT2D eigenvalue weighted by molar-refractivity contribution is -0.274. The number of carbonyl (C=O) groups excluding carboxylic acids is 2. The Balaban J connectivity index is 1.53. The molecule has 0 atom stereocenters. The van der Waals surface area contributed by atoms with Gasteiger partial charge in [-0.05, 0) is 49.8 Å². The molecule has 10 heteroatoms. The molecule has 1 amide bonds. The molecule has 172 valence electrons. The Bertz CT molecular complexity index is 1150. The summed E-state index contributed by atoms with van der Waals surface area (Å²) < 4.78 is 46.9. The molecule has 33 heavy (non-hydrogen) atoms. The Morgan fingerprint density at radius 1 is 1.06 bits per heavy atom. The van der Waals surface area contributed by atoms with Crippen LogP contribution >= 0.6 is 0 Å². The third-order valence-electron chi connectivity index (χ3n) is 4.43. The highest BCUT2D eigenvalue weighted by Crippen LogP contribution is 2.24. The van der Waals surface area contributed by atoms with Crippen molar-refractivity contribution in [3.8, 4) is 11.4 Å². The van der Waals surface area contributed by atoms with Crippen LogP contribution in [0.5, 0.6) is 5.75 Å². The lowest BCUT2D eigenvalue weighted by atomic mass is 10.2. The maximum Gasteiger partial charge on any atom is 0.573 e. The van der Waals surface area contributed by atoms with Gasteiger partial charge in [0.15, 0.2) is 6.61 Å². The monoisotopic (exact) mass is 459 g/mol. The Morgan fingerprint density at radius 2 is 1.73 bits per heavy atom. The number of amides is 1. The van der Waals surface area contributed by atoms with Crippen LogP contribution in [0.25, 0.3) is 11.8 Å². The standard InChI is InChI=1S/C23H20F3N3O4/c1-15-22(16(2)29(28-15)18-6-4-3-5-7-18)27-20(30)14-32-21(31)13-10-17-8-11-19(12-9-17)33-23(24,25)26/h3-13H,14H2,1-2H3,(H,27,30)/b13-10+. The van der Waals surface area contributed by atoms with Gasteiger partial charge in [-0.1, -0.05) is 30.3 Å². The predicted molar refractivity (Wildman–Crippen MR) is 115 cm³/mol. The molecule has 1 N–H and O–H groups in total. The van der Waals surface area contributed by atoms with E-state index in [0.717, 1.165) is 29.6 Å². The van der Waals surface area contributed by atoms with Gasteiger partial charge in [-0.15, -0.1) is 13.2 Å². The van der Waals surface area contributed by atoms with Gasteiger partial charge >= 0.3 is 12.3 Å². The molecule has 2 aromatic carbocycles. The number of carbonyl (C=O) groups is 2. The van der Waals surface area contributed by atoms with Crippen molar-refractivity contribution in [1.29, 1.82) is 0 Å². The molecule has 0 saturated carbocycles. The highest BCUT2D eigenvalue weighted by Gasteiger charge is 2.30. The number of alkyl halides is 3. The zero-order valence-electron chi connectivity index (χ0n) is 17.7. The zero-order chi connectivity index (χ0) is 24.0. The van der Waals surface area contributed by atoms with Gasteiger partial charge in [0.05, 0.1) is 22.8 Å². The Labute approximate surface area is 187 Å². The van der Waals surface area contributed by atoms with E-state index >= 15 is 0 Å². The van der Waals surface area contributed by atoms with Crippen LogP contribution in [0.3, 0.4) is 0 Å². The summed E-state index contributed by atoms with van der Waals surface area (Å²) in [6, 6.07) is 14.3. The first-order valence-electron chi connectivity index (χ1n) is 9.74. The number of nitrogens with zero attached hydrogens (tertiary/aromatic N) is 2. The van der Waals surface area contributed by atoms with E-state index < -0.39 is 24.8 Å². The summed E-state index contributed by atoms with van der Waals surface area (Å²) in [5.74, 6) is -1.70. The topological polar surface area (TPSA) is 82.5 Å². The highest BCUT2D eigenvalue weighted by atomic mass is 19.4. The number of benzene rings is 2. The van der Waals surface area contributed by atoms with E-state index in [0.29, 0.717) is 16.9 Å². The van der Waals surface area contributed by atoms with Crippen molar-refractivity contribution in [3.05, 3.63) is 77.6 Å². The smallest absolute Gasteiger partial charge is 0.452 e. The number of nitrogens with one attached hydrogen (secondary N) is 1. The van der Waals surface area contributed by atoms with Crippen LogP contribution in [-0.2, 0) is 14.3 Å². The quantitative estimate of drug-likeness (QED) is 0.413. The number of halogens is 3. The largest absolute Gasteiger partial charge is 0.573 e. The van der Waals surface area contributed by atoms with Crippen molar-refractivity contribution in [2.75, 3.05) is 11.9 Å². The summed E-state index contributed by atoms with van der Waals surface area (Å²) in [5, 5.41) is 7.12. The van der Waals surface area contributed by atoms with E-state index in [1.165, 1.54) is 18.2 Å². The molecular formula is C23H20F3N3O4. The van der Waals surface area contributed by atoms with Gasteiger partial charge in [-0.25, -0.2) is 9.48 Å². The van der Waals surface area contributed by atoms with Gasteiger partial charge < -0.3 is 14.8 Å². The summed E-state index contributed by atoms with van der Waals surface area (Å²) >= 11 is 0. The van der Waals surface area contributed by atoms with Crippen LogP contribution in [0.1, 0.15) is 17.0 Å². The Hall–Kier alpha value is -4.08. The second kappa shape index (κ2) is 10.0. The minimum Gasteiger partial charge on any atom is -0.452 e. The zero-order valence-corrected chi connectivity index (χ0v) is 17.7. The van der Waals surface area contributed by atoms with Crippen molar-refractivity contribution in [3.63, 3.8) is 0 Å². The fourth-order valence-corrected chi connectivity index (χ4v) is 2.95. The molecule has 0 aliphatic carbocycles. The number of hydrogen-bond donors (Lipinski definition) is 1. The van der Waals surface area contributed by atoms with Gasteiger partial charge in [0, 0.05) is 6.08 Å². The van der Waals surface area contributed by atoms with Crippen LogP contribution in [0.4, 0.5) is 18.9 Å². The summed E-state index contributed by atoms with van der Waals surface area (Å²) in [5.41, 5.74) is 3.14. The van der Waals surface area contributed by atoms with Crippen LogP contribution in [0.2, 0.25) is 0 Å². The second-order valence-corrected chi connectivity index (χ2v) is 6.90. The molecule has 0 saturated heterocycles. The second-order valence-electron chi connectivity index (χ2n) is 6.90. The maximum atomic E-state index is 12.2. The fraction of sp³-hybridized carbons (Fsp3) is 0.174. The molecule has 7 nitrogen and oxygen atoms in total. The summed E-state index contributed by atoms with van der Waals surface area (Å²) in [6.07, 6.45) is -2.37. The first kappa shape index (κ1) is 23.6. The summed E-state index contributed by atoms with van der Waals surface area (Å²) in [7, 11) is 0. The van der Waals surface area contributed by atoms with Crippen LogP contribution < -0.4 is 10.1 Å². The van der Waals surface area contributed by atoms with Crippen molar-refractivity contribution in [2.24, 2.45) is 0 Å². The Morgan fingerprint density at radius 3 is 2.36 bits per heavy atom. The average molecular weight is 459 g/mol. The van der Waals surface area contributed by atoms with E-state index in [1.54, 1.807) is 11.6 Å². The number of aryl methyl sites for hydroxylation is 1. The minimum atomic E-state index is -4.78. The molecule has 0 fully saturated rings. The van der Waals surface area contributed by atoms with E-state index in [1.807, 2.05) is 37.3 Å². The van der Waals surface area contributed by atoms with E-state index in [4.69, 9.17) is 4.74 Å². The molecule has 0 radical (unpaired) electrons. The van der Waals surface area contributed by atoms with E-state index in [9.17, 15) is 22.8 Å². The van der Waals surface area contributed by atoms with E-state index in [-0.39, 0.29) is 5.75 Å². The Kier molecular flexibility index (Phi) is 7.17. The predicted octanol–water partition coefficient (Wildman–Crippen LogP) is 4.58. The molecule has 0 spiro atoms. The molecule has 0 bridgehead atoms.